The fourth-order valence-corrected chi connectivity index (χ4v) is 4.45. The normalized spacial score (nSPS) is 29.4. The van der Waals surface area contributed by atoms with Crippen LogP contribution in [-0.2, 0) is 22.3 Å². The minimum atomic E-state index is -1.38. The van der Waals surface area contributed by atoms with Gasteiger partial charge in [-0.1, -0.05) is 6.07 Å². The molecule has 5 rings (SSSR count). The number of hydrogen-bond donors (Lipinski definition) is 3. The molecule has 0 aliphatic carbocycles. The van der Waals surface area contributed by atoms with Crippen LogP contribution in [0.4, 0.5) is 0 Å². The lowest BCUT2D eigenvalue weighted by Gasteiger charge is -2.40. The van der Waals surface area contributed by atoms with E-state index in [1.54, 1.807) is 0 Å². The summed E-state index contributed by atoms with van der Waals surface area (Å²) in [5.74, 6) is 2.30. The predicted octanol–water partition coefficient (Wildman–Crippen LogP) is 1.11. The molecule has 8 heteroatoms. The van der Waals surface area contributed by atoms with E-state index < -0.39 is 30.7 Å². The summed E-state index contributed by atoms with van der Waals surface area (Å²) in [5, 5.41) is 30.9. The summed E-state index contributed by atoms with van der Waals surface area (Å²) in [6, 6.07) is 9.72. The second-order valence-electron chi connectivity index (χ2n) is 8.05. The molecule has 0 spiro atoms. The monoisotopic (exact) mass is 430 g/mol. The number of fused-ring (bicyclic) bond motifs is 2. The number of methoxy groups -OCH3 is 1. The molecule has 0 amide bonds. The van der Waals surface area contributed by atoms with Crippen LogP contribution in [0.5, 0.6) is 17.2 Å². The van der Waals surface area contributed by atoms with E-state index in [4.69, 9.17) is 23.7 Å². The zero-order chi connectivity index (χ0) is 21.5. The zero-order valence-electron chi connectivity index (χ0n) is 17.2. The van der Waals surface area contributed by atoms with Crippen LogP contribution < -0.4 is 14.2 Å². The molecule has 1 fully saturated rings. The van der Waals surface area contributed by atoms with Crippen molar-refractivity contribution in [3.8, 4) is 17.2 Å². The van der Waals surface area contributed by atoms with E-state index in [-0.39, 0.29) is 0 Å². The standard InChI is InChI=1S/C23H26O8/c1-27-23-20(26)18(24)19(25)22(31-23)15-10-13-4-5-30-21(13)14(11-15)8-12-2-3-16-17(9-12)29-7-6-28-16/h2-3,9-11,18-20,22-26H,4-8H2,1H3/t18-,19-,20+,22+,23+/m1/s1. The second-order valence-corrected chi connectivity index (χ2v) is 8.05. The Morgan fingerprint density at radius 1 is 0.903 bits per heavy atom. The smallest absolute Gasteiger partial charge is 0.186 e. The quantitative estimate of drug-likeness (QED) is 0.662. The average Bonchev–Trinajstić information content (AvgIpc) is 3.27. The molecule has 3 aliphatic rings. The van der Waals surface area contributed by atoms with Crippen LogP contribution in [0.25, 0.3) is 0 Å². The highest BCUT2D eigenvalue weighted by molar-refractivity contribution is 5.51. The van der Waals surface area contributed by atoms with Crippen LogP contribution in [0.2, 0.25) is 0 Å². The van der Waals surface area contributed by atoms with Gasteiger partial charge in [0.25, 0.3) is 0 Å². The molecule has 3 heterocycles. The Hall–Kier alpha value is -2.36. The Morgan fingerprint density at radius 2 is 1.71 bits per heavy atom. The summed E-state index contributed by atoms with van der Waals surface area (Å²) in [5.41, 5.74) is 3.72. The summed E-state index contributed by atoms with van der Waals surface area (Å²) in [7, 11) is 1.39. The van der Waals surface area contributed by atoms with E-state index in [0.717, 1.165) is 40.4 Å². The number of rotatable bonds is 4. The van der Waals surface area contributed by atoms with E-state index in [1.165, 1.54) is 7.11 Å². The average molecular weight is 430 g/mol. The fourth-order valence-electron chi connectivity index (χ4n) is 4.45. The van der Waals surface area contributed by atoms with Gasteiger partial charge in [-0.05, 0) is 46.5 Å². The summed E-state index contributed by atoms with van der Waals surface area (Å²) in [6.45, 7) is 1.65. The Kier molecular flexibility index (Phi) is 5.49. The molecule has 1 saturated heterocycles. The molecule has 0 unspecified atom stereocenters. The minimum absolute atomic E-state index is 0.524. The second kappa shape index (κ2) is 8.29. The van der Waals surface area contributed by atoms with E-state index in [9.17, 15) is 15.3 Å². The van der Waals surface area contributed by atoms with Gasteiger partial charge in [0, 0.05) is 20.0 Å². The molecule has 0 aromatic heterocycles. The van der Waals surface area contributed by atoms with Crippen molar-refractivity contribution in [2.45, 2.75) is 43.5 Å². The third-order valence-electron chi connectivity index (χ3n) is 6.01. The third-order valence-corrected chi connectivity index (χ3v) is 6.01. The number of aliphatic hydroxyl groups excluding tert-OH is 3. The van der Waals surface area contributed by atoms with E-state index in [0.29, 0.717) is 31.8 Å². The fraction of sp³-hybridized carbons (Fsp3) is 0.478. The maximum Gasteiger partial charge on any atom is 0.186 e. The summed E-state index contributed by atoms with van der Waals surface area (Å²) >= 11 is 0. The van der Waals surface area contributed by atoms with Crippen molar-refractivity contribution < 1.29 is 39.0 Å². The Labute approximate surface area is 179 Å². The highest BCUT2D eigenvalue weighted by Crippen LogP contribution is 2.40. The predicted molar refractivity (Wildman–Crippen MR) is 109 cm³/mol. The number of ether oxygens (including phenoxy) is 5. The van der Waals surface area contributed by atoms with Crippen LogP contribution in [0.1, 0.15) is 28.4 Å². The van der Waals surface area contributed by atoms with Gasteiger partial charge in [-0.2, -0.15) is 0 Å². The first-order valence-corrected chi connectivity index (χ1v) is 10.4. The number of benzene rings is 2. The molecule has 166 valence electrons. The van der Waals surface area contributed by atoms with Gasteiger partial charge < -0.3 is 39.0 Å². The maximum atomic E-state index is 10.6. The molecular weight excluding hydrogens is 404 g/mol. The lowest BCUT2D eigenvalue weighted by molar-refractivity contribution is -0.292. The van der Waals surface area contributed by atoms with E-state index in [1.807, 2.05) is 30.3 Å². The lowest BCUT2D eigenvalue weighted by Crippen LogP contribution is -2.54. The van der Waals surface area contributed by atoms with Crippen LogP contribution in [0.3, 0.4) is 0 Å². The van der Waals surface area contributed by atoms with Crippen molar-refractivity contribution in [1.29, 1.82) is 0 Å². The SMILES string of the molecule is CO[C@H]1O[C@@H](c2cc3c(c(Cc4ccc5c(c4)OCCO5)c2)OCC3)[C@H](O)[C@@H](O)[C@@H]1O. The van der Waals surface area contributed by atoms with Crippen LogP contribution in [-0.4, -0.2) is 66.9 Å². The van der Waals surface area contributed by atoms with Gasteiger partial charge in [-0.3, -0.25) is 0 Å². The molecule has 8 nitrogen and oxygen atoms in total. The molecule has 3 aliphatic heterocycles. The topological polar surface area (TPSA) is 107 Å². The van der Waals surface area contributed by atoms with Crippen molar-refractivity contribution in [2.24, 2.45) is 0 Å². The Bertz CT molecular complexity index is 959. The van der Waals surface area contributed by atoms with Gasteiger partial charge in [-0.15, -0.1) is 0 Å². The first kappa shape index (κ1) is 20.5. The van der Waals surface area contributed by atoms with Crippen molar-refractivity contribution in [2.75, 3.05) is 26.9 Å². The van der Waals surface area contributed by atoms with E-state index >= 15 is 0 Å². The highest BCUT2D eigenvalue weighted by atomic mass is 16.7. The van der Waals surface area contributed by atoms with Crippen molar-refractivity contribution >= 4 is 0 Å². The maximum absolute atomic E-state index is 10.6. The molecule has 3 N–H and O–H groups in total. The van der Waals surface area contributed by atoms with Crippen molar-refractivity contribution in [1.82, 2.24) is 0 Å². The summed E-state index contributed by atoms with van der Waals surface area (Å²) in [6.07, 6.45) is -4.53. The van der Waals surface area contributed by atoms with Gasteiger partial charge in [0.15, 0.2) is 17.8 Å². The first-order chi connectivity index (χ1) is 15.0. The van der Waals surface area contributed by atoms with Crippen molar-refractivity contribution in [3.63, 3.8) is 0 Å². The number of aliphatic hydroxyl groups is 3. The molecule has 0 bridgehead atoms. The summed E-state index contributed by atoms with van der Waals surface area (Å²) < 4.78 is 28.1. The molecular formula is C23H26O8. The molecule has 0 saturated carbocycles. The van der Waals surface area contributed by atoms with Crippen LogP contribution >= 0.6 is 0 Å². The molecule has 0 radical (unpaired) electrons. The number of hydrogen-bond acceptors (Lipinski definition) is 8. The van der Waals surface area contributed by atoms with Gasteiger partial charge in [-0.25, -0.2) is 0 Å². The van der Waals surface area contributed by atoms with Gasteiger partial charge in [0.2, 0.25) is 0 Å². The van der Waals surface area contributed by atoms with E-state index in [2.05, 4.69) is 0 Å². The van der Waals surface area contributed by atoms with Gasteiger partial charge in [0.05, 0.1) is 6.61 Å². The van der Waals surface area contributed by atoms with Gasteiger partial charge in [0.1, 0.15) is 43.4 Å². The Morgan fingerprint density at radius 3 is 2.52 bits per heavy atom. The highest BCUT2D eigenvalue weighted by Gasteiger charge is 2.44. The van der Waals surface area contributed by atoms with Gasteiger partial charge >= 0.3 is 0 Å². The molecule has 5 atom stereocenters. The molecule has 2 aromatic carbocycles. The lowest BCUT2D eigenvalue weighted by atomic mass is 9.90. The summed E-state index contributed by atoms with van der Waals surface area (Å²) in [4.78, 5) is 0. The molecule has 31 heavy (non-hydrogen) atoms. The molecule has 2 aromatic rings. The zero-order valence-corrected chi connectivity index (χ0v) is 17.2. The van der Waals surface area contributed by atoms with Crippen LogP contribution in [0, 0.1) is 0 Å². The third kappa shape index (κ3) is 3.75. The largest absolute Gasteiger partial charge is 0.493 e. The first-order valence-electron chi connectivity index (χ1n) is 10.4. The Balaban J connectivity index is 1.48. The van der Waals surface area contributed by atoms with Crippen molar-refractivity contribution in [3.05, 3.63) is 52.6 Å². The minimum Gasteiger partial charge on any atom is -0.493 e. The van der Waals surface area contributed by atoms with Crippen LogP contribution in [0.15, 0.2) is 30.3 Å².